The predicted octanol–water partition coefficient (Wildman–Crippen LogP) is 3.93. The highest BCUT2D eigenvalue weighted by molar-refractivity contribution is 5.84. The van der Waals surface area contributed by atoms with Gasteiger partial charge in [0.15, 0.2) is 0 Å². The van der Waals surface area contributed by atoms with Gasteiger partial charge in [0, 0.05) is 6.04 Å². The van der Waals surface area contributed by atoms with Gasteiger partial charge in [0.25, 0.3) is 0 Å². The molecule has 2 aliphatic rings. The Balaban J connectivity index is 2.15. The minimum Gasteiger partial charge on any atom is -0.323 e. The molecule has 0 aromatic rings. The van der Waals surface area contributed by atoms with Gasteiger partial charge in [0.1, 0.15) is 0 Å². The van der Waals surface area contributed by atoms with Gasteiger partial charge in [-0.2, -0.15) is 0 Å². The second-order valence-corrected chi connectivity index (χ2v) is 7.39. The zero-order valence-corrected chi connectivity index (χ0v) is 14.4. The number of carbonyl (C=O) groups excluding carboxylic acids is 1. The fourth-order valence-corrected chi connectivity index (χ4v) is 4.31. The van der Waals surface area contributed by atoms with Crippen molar-refractivity contribution in [3.05, 3.63) is 0 Å². The first-order chi connectivity index (χ1) is 10.1. The number of amides is 1. The monoisotopic (exact) mass is 294 g/mol. The van der Waals surface area contributed by atoms with Crippen molar-refractivity contribution in [3.63, 3.8) is 0 Å². The lowest BCUT2D eigenvalue weighted by molar-refractivity contribution is -0.134. The highest BCUT2D eigenvalue weighted by Crippen LogP contribution is 2.34. The molecule has 1 saturated carbocycles. The summed E-state index contributed by atoms with van der Waals surface area (Å²) in [6.07, 6.45) is 10.0. The molecule has 1 aliphatic carbocycles. The van der Waals surface area contributed by atoms with Gasteiger partial charge in [-0.25, -0.2) is 0 Å². The van der Waals surface area contributed by atoms with Crippen molar-refractivity contribution >= 4 is 5.91 Å². The number of carbonyl (C=O) groups is 1. The molecule has 0 radical (unpaired) electrons. The molecular formula is C18H34N2O. The highest BCUT2D eigenvalue weighted by atomic mass is 16.2. The van der Waals surface area contributed by atoms with Crippen LogP contribution in [0.25, 0.3) is 0 Å². The molecule has 122 valence electrons. The summed E-state index contributed by atoms with van der Waals surface area (Å²) in [5, 5.41) is 3.60. The lowest BCUT2D eigenvalue weighted by atomic mass is 9.82. The largest absolute Gasteiger partial charge is 0.323 e. The van der Waals surface area contributed by atoms with Crippen LogP contribution in [0.4, 0.5) is 0 Å². The predicted molar refractivity (Wildman–Crippen MR) is 88.0 cm³/mol. The molecule has 2 rings (SSSR count). The molecule has 2 fully saturated rings. The van der Waals surface area contributed by atoms with E-state index in [2.05, 4.69) is 37.9 Å². The first kappa shape index (κ1) is 16.8. The van der Waals surface area contributed by atoms with Gasteiger partial charge in [-0.3, -0.25) is 10.1 Å². The van der Waals surface area contributed by atoms with Crippen molar-refractivity contribution < 1.29 is 4.79 Å². The van der Waals surface area contributed by atoms with E-state index in [1.807, 2.05) is 0 Å². The van der Waals surface area contributed by atoms with Crippen LogP contribution in [0.15, 0.2) is 0 Å². The lowest BCUT2D eigenvalue weighted by Gasteiger charge is -2.39. The van der Waals surface area contributed by atoms with Crippen molar-refractivity contribution in [2.75, 3.05) is 0 Å². The maximum atomic E-state index is 12.8. The standard InChI is InChI=1S/C18H34N2O/c1-5-15-18(21)20(17(19-15)12-13(3)4)16(6-2)14-10-8-7-9-11-14/h13-17,19H,5-12H2,1-4H3. The molecule has 1 saturated heterocycles. The van der Waals surface area contributed by atoms with E-state index in [9.17, 15) is 4.79 Å². The molecule has 3 atom stereocenters. The van der Waals surface area contributed by atoms with E-state index in [0.717, 1.165) is 25.2 Å². The Hall–Kier alpha value is -0.570. The molecule has 0 aromatic carbocycles. The van der Waals surface area contributed by atoms with Crippen molar-refractivity contribution in [1.82, 2.24) is 10.2 Å². The molecule has 1 heterocycles. The van der Waals surface area contributed by atoms with E-state index in [1.54, 1.807) is 0 Å². The van der Waals surface area contributed by atoms with Gasteiger partial charge < -0.3 is 4.90 Å². The maximum absolute atomic E-state index is 12.8. The molecule has 21 heavy (non-hydrogen) atoms. The summed E-state index contributed by atoms with van der Waals surface area (Å²) < 4.78 is 0. The van der Waals surface area contributed by atoms with Gasteiger partial charge in [-0.1, -0.05) is 47.0 Å². The third-order valence-corrected chi connectivity index (χ3v) is 5.35. The topological polar surface area (TPSA) is 32.3 Å². The smallest absolute Gasteiger partial charge is 0.241 e. The fourth-order valence-electron chi connectivity index (χ4n) is 4.31. The van der Waals surface area contributed by atoms with Gasteiger partial charge in [0.2, 0.25) is 5.91 Å². The van der Waals surface area contributed by atoms with Crippen molar-refractivity contribution in [2.45, 2.75) is 97.3 Å². The summed E-state index contributed by atoms with van der Waals surface area (Å²) in [4.78, 5) is 15.1. The minimum atomic E-state index is 0.0476. The maximum Gasteiger partial charge on any atom is 0.241 e. The molecule has 1 N–H and O–H groups in total. The number of nitrogens with one attached hydrogen (secondary N) is 1. The average molecular weight is 294 g/mol. The Bertz CT molecular complexity index is 336. The van der Waals surface area contributed by atoms with Crippen LogP contribution in [0.5, 0.6) is 0 Å². The summed E-state index contributed by atoms with van der Waals surface area (Å²) >= 11 is 0. The molecule has 1 aliphatic heterocycles. The number of hydrogen-bond donors (Lipinski definition) is 1. The molecular weight excluding hydrogens is 260 g/mol. The van der Waals surface area contributed by atoms with Crippen molar-refractivity contribution in [1.29, 1.82) is 0 Å². The zero-order valence-electron chi connectivity index (χ0n) is 14.4. The van der Waals surface area contributed by atoms with Crippen molar-refractivity contribution in [3.8, 4) is 0 Å². The summed E-state index contributed by atoms with van der Waals surface area (Å²) in [5.74, 6) is 1.71. The molecule has 1 amide bonds. The summed E-state index contributed by atoms with van der Waals surface area (Å²) in [6, 6.07) is 0.497. The van der Waals surface area contributed by atoms with E-state index < -0.39 is 0 Å². The summed E-state index contributed by atoms with van der Waals surface area (Å²) in [7, 11) is 0. The minimum absolute atomic E-state index is 0.0476. The molecule has 0 bridgehead atoms. The van der Waals surface area contributed by atoms with E-state index in [0.29, 0.717) is 17.9 Å². The van der Waals surface area contributed by atoms with Crippen LogP contribution in [0.3, 0.4) is 0 Å². The highest BCUT2D eigenvalue weighted by Gasteiger charge is 2.43. The van der Waals surface area contributed by atoms with E-state index >= 15 is 0 Å². The Morgan fingerprint density at radius 3 is 2.38 bits per heavy atom. The first-order valence-corrected chi connectivity index (χ1v) is 9.16. The third-order valence-electron chi connectivity index (χ3n) is 5.35. The normalized spacial score (nSPS) is 29.4. The molecule has 0 aromatic heterocycles. The Kier molecular flexibility index (Phi) is 6.09. The van der Waals surface area contributed by atoms with Crippen LogP contribution in [0.2, 0.25) is 0 Å². The van der Waals surface area contributed by atoms with Crippen LogP contribution in [-0.4, -0.2) is 29.1 Å². The molecule has 3 heteroatoms. The van der Waals surface area contributed by atoms with Crippen LogP contribution in [0, 0.1) is 11.8 Å². The van der Waals surface area contributed by atoms with Gasteiger partial charge in [-0.05, 0) is 43.9 Å². The lowest BCUT2D eigenvalue weighted by Crippen LogP contribution is -2.48. The number of hydrogen-bond acceptors (Lipinski definition) is 2. The fraction of sp³-hybridized carbons (Fsp3) is 0.944. The first-order valence-electron chi connectivity index (χ1n) is 9.16. The third kappa shape index (κ3) is 3.80. The van der Waals surface area contributed by atoms with E-state index in [-0.39, 0.29) is 12.2 Å². The van der Waals surface area contributed by atoms with Gasteiger partial charge in [-0.15, -0.1) is 0 Å². The molecule has 3 nitrogen and oxygen atoms in total. The SMILES string of the molecule is CCC1NC(CC(C)C)N(C(CC)C2CCCCC2)C1=O. The second kappa shape index (κ2) is 7.62. The average Bonchev–Trinajstić information content (AvgIpc) is 2.77. The number of nitrogens with zero attached hydrogens (tertiary/aromatic N) is 1. The van der Waals surface area contributed by atoms with Crippen LogP contribution < -0.4 is 5.32 Å². The summed E-state index contributed by atoms with van der Waals surface area (Å²) in [6.45, 7) is 8.89. The second-order valence-electron chi connectivity index (χ2n) is 7.39. The van der Waals surface area contributed by atoms with E-state index in [1.165, 1.54) is 32.1 Å². The van der Waals surface area contributed by atoms with Crippen LogP contribution in [-0.2, 0) is 4.79 Å². The Labute approximate surface area is 130 Å². The van der Waals surface area contributed by atoms with Crippen LogP contribution in [0.1, 0.15) is 79.1 Å². The van der Waals surface area contributed by atoms with Gasteiger partial charge in [0.05, 0.1) is 12.2 Å². The van der Waals surface area contributed by atoms with Crippen molar-refractivity contribution in [2.24, 2.45) is 11.8 Å². The van der Waals surface area contributed by atoms with E-state index in [4.69, 9.17) is 0 Å². The quantitative estimate of drug-likeness (QED) is 0.805. The van der Waals surface area contributed by atoms with Crippen LogP contribution >= 0.6 is 0 Å². The zero-order chi connectivity index (χ0) is 15.4. The Morgan fingerprint density at radius 2 is 1.86 bits per heavy atom. The molecule has 0 spiro atoms. The van der Waals surface area contributed by atoms with Gasteiger partial charge >= 0.3 is 0 Å². The molecule has 3 unspecified atom stereocenters. The summed E-state index contributed by atoms with van der Waals surface area (Å²) in [5.41, 5.74) is 0. The number of rotatable bonds is 6. The Morgan fingerprint density at radius 1 is 1.19 bits per heavy atom.